The molecular weight excluding hydrogens is 609 g/mol. The highest BCUT2D eigenvalue weighted by atomic mass is 35.5. The lowest BCUT2D eigenvalue weighted by Crippen LogP contribution is -2.53. The molecule has 0 heterocycles. The lowest BCUT2D eigenvalue weighted by Gasteiger charge is -2.33. The van der Waals surface area contributed by atoms with E-state index in [0.29, 0.717) is 15.6 Å². The van der Waals surface area contributed by atoms with Crippen molar-refractivity contribution < 1.29 is 22.7 Å². The zero-order chi connectivity index (χ0) is 31.1. The lowest BCUT2D eigenvalue weighted by atomic mass is 9.95. The fourth-order valence-electron chi connectivity index (χ4n) is 5.17. The maximum atomic E-state index is 14.2. The molecule has 3 aromatic rings. The number of carbonyl (C=O) groups excluding carboxylic acids is 2. The van der Waals surface area contributed by atoms with E-state index in [0.717, 1.165) is 42.0 Å². The number of aryl methyl sites for hydroxylation is 1. The average Bonchev–Trinajstić information content (AvgIpc) is 3.00. The van der Waals surface area contributed by atoms with Gasteiger partial charge in [-0.15, -0.1) is 0 Å². The van der Waals surface area contributed by atoms with Crippen molar-refractivity contribution >= 4 is 50.7 Å². The highest BCUT2D eigenvalue weighted by molar-refractivity contribution is 7.92. The molecule has 11 heteroatoms. The van der Waals surface area contributed by atoms with Gasteiger partial charge in [0, 0.05) is 12.6 Å². The zero-order valence-electron chi connectivity index (χ0n) is 24.6. The number of ether oxygens (including phenoxy) is 1. The molecule has 3 aromatic carbocycles. The number of sulfonamides is 1. The third-order valence-electron chi connectivity index (χ3n) is 7.70. The number of nitrogens with one attached hydrogen (secondary N) is 1. The van der Waals surface area contributed by atoms with Gasteiger partial charge in [0.15, 0.2) is 0 Å². The predicted molar refractivity (Wildman–Crippen MR) is 170 cm³/mol. The van der Waals surface area contributed by atoms with E-state index in [1.165, 1.54) is 24.1 Å². The Morgan fingerprint density at radius 3 is 2.30 bits per heavy atom. The molecule has 1 atom stereocenters. The van der Waals surface area contributed by atoms with Gasteiger partial charge in [0.25, 0.3) is 10.0 Å². The smallest absolute Gasteiger partial charge is 0.264 e. The molecule has 0 aromatic heterocycles. The standard InChI is InChI=1S/C32H37Cl2N3O5S/c1-22-13-16-26(17-14-22)43(40,41)37(29-11-7-8-12-30(29)42-3)21-31(38)36(20-24-15-18-27(33)28(34)19-24)23(2)32(39)35-25-9-5-4-6-10-25/h7-8,11-19,23,25H,4-6,9-10,20-21H2,1-3H3,(H,35,39)/t23-/m0/s1. The van der Waals surface area contributed by atoms with E-state index in [-0.39, 0.29) is 34.8 Å². The quantitative estimate of drug-likeness (QED) is 0.261. The normalized spacial score (nSPS) is 14.5. The molecule has 0 unspecified atom stereocenters. The number of hydrogen-bond donors (Lipinski definition) is 1. The van der Waals surface area contributed by atoms with E-state index in [1.54, 1.807) is 61.5 Å². The summed E-state index contributed by atoms with van der Waals surface area (Å²) in [5.74, 6) is -0.588. The Bertz CT molecular complexity index is 1540. The summed E-state index contributed by atoms with van der Waals surface area (Å²) < 4.78 is 34.7. The van der Waals surface area contributed by atoms with Crippen molar-refractivity contribution in [1.82, 2.24) is 10.2 Å². The molecule has 0 spiro atoms. The number of methoxy groups -OCH3 is 1. The van der Waals surface area contributed by atoms with Crippen LogP contribution < -0.4 is 14.4 Å². The number of carbonyl (C=O) groups is 2. The highest BCUT2D eigenvalue weighted by Crippen LogP contribution is 2.33. The molecular formula is C32H37Cl2N3O5S. The highest BCUT2D eigenvalue weighted by Gasteiger charge is 2.34. The zero-order valence-corrected chi connectivity index (χ0v) is 26.9. The summed E-state index contributed by atoms with van der Waals surface area (Å²) in [6.45, 7) is 2.95. The molecule has 0 aliphatic heterocycles. The van der Waals surface area contributed by atoms with Crippen molar-refractivity contribution in [3.8, 4) is 5.75 Å². The largest absolute Gasteiger partial charge is 0.495 e. The van der Waals surface area contributed by atoms with Crippen molar-refractivity contribution in [2.75, 3.05) is 18.0 Å². The predicted octanol–water partition coefficient (Wildman–Crippen LogP) is 6.37. The van der Waals surface area contributed by atoms with Crippen LogP contribution in [0.25, 0.3) is 0 Å². The summed E-state index contributed by atoms with van der Waals surface area (Å²) in [5, 5.41) is 3.76. The van der Waals surface area contributed by atoms with E-state index in [1.807, 2.05) is 6.92 Å². The molecule has 0 bridgehead atoms. The number of rotatable bonds is 11. The van der Waals surface area contributed by atoms with Crippen LogP contribution in [0.15, 0.2) is 71.6 Å². The molecule has 1 aliphatic rings. The first kappa shape index (κ1) is 32.6. The summed E-state index contributed by atoms with van der Waals surface area (Å²) in [7, 11) is -2.78. The Balaban J connectivity index is 1.71. The van der Waals surface area contributed by atoms with E-state index >= 15 is 0 Å². The fraction of sp³-hybridized carbons (Fsp3) is 0.375. The molecule has 1 saturated carbocycles. The van der Waals surface area contributed by atoms with Gasteiger partial charge in [0.2, 0.25) is 11.8 Å². The van der Waals surface area contributed by atoms with Crippen LogP contribution in [-0.2, 0) is 26.2 Å². The average molecular weight is 647 g/mol. The number of amides is 2. The van der Waals surface area contributed by atoms with Crippen LogP contribution in [0.4, 0.5) is 5.69 Å². The maximum Gasteiger partial charge on any atom is 0.264 e. The number of nitrogens with zero attached hydrogens (tertiary/aromatic N) is 2. The van der Waals surface area contributed by atoms with Gasteiger partial charge in [-0.3, -0.25) is 13.9 Å². The van der Waals surface area contributed by atoms with Crippen LogP contribution in [0.3, 0.4) is 0 Å². The lowest BCUT2D eigenvalue weighted by molar-refractivity contribution is -0.139. The second-order valence-corrected chi connectivity index (χ2v) is 13.5. The van der Waals surface area contributed by atoms with Crippen molar-refractivity contribution in [2.24, 2.45) is 0 Å². The van der Waals surface area contributed by atoms with Gasteiger partial charge in [-0.05, 0) is 68.7 Å². The summed E-state index contributed by atoms with van der Waals surface area (Å²) in [6.07, 6.45) is 4.98. The van der Waals surface area contributed by atoms with E-state index < -0.39 is 28.5 Å². The monoisotopic (exact) mass is 645 g/mol. The van der Waals surface area contributed by atoms with Gasteiger partial charge in [0.05, 0.1) is 27.7 Å². The molecule has 1 fully saturated rings. The minimum atomic E-state index is -4.22. The second kappa shape index (κ2) is 14.5. The molecule has 4 rings (SSSR count). The molecule has 230 valence electrons. The van der Waals surface area contributed by atoms with Crippen molar-refractivity contribution in [2.45, 2.75) is 69.5 Å². The van der Waals surface area contributed by atoms with Crippen LogP contribution in [-0.4, -0.2) is 50.9 Å². The number of hydrogen-bond acceptors (Lipinski definition) is 5. The Labute approximate surface area is 264 Å². The van der Waals surface area contributed by atoms with Gasteiger partial charge < -0.3 is 15.0 Å². The second-order valence-electron chi connectivity index (χ2n) is 10.8. The van der Waals surface area contributed by atoms with Crippen LogP contribution in [0.5, 0.6) is 5.75 Å². The van der Waals surface area contributed by atoms with Gasteiger partial charge in [-0.25, -0.2) is 8.42 Å². The number of anilines is 1. The number of halogens is 2. The van der Waals surface area contributed by atoms with E-state index in [9.17, 15) is 18.0 Å². The van der Waals surface area contributed by atoms with Crippen LogP contribution >= 0.6 is 23.2 Å². The minimum absolute atomic E-state index is 0.0132. The molecule has 1 aliphatic carbocycles. The van der Waals surface area contributed by atoms with Gasteiger partial charge in [-0.1, -0.05) is 78.4 Å². The summed E-state index contributed by atoms with van der Waals surface area (Å²) in [4.78, 5) is 29.1. The third-order valence-corrected chi connectivity index (χ3v) is 10.2. The topological polar surface area (TPSA) is 96.0 Å². The number of benzene rings is 3. The molecule has 0 saturated heterocycles. The van der Waals surface area contributed by atoms with Crippen LogP contribution in [0, 0.1) is 6.92 Å². The van der Waals surface area contributed by atoms with Crippen molar-refractivity contribution in [3.63, 3.8) is 0 Å². The SMILES string of the molecule is COc1ccccc1N(CC(=O)N(Cc1ccc(Cl)c(Cl)c1)[C@@H](C)C(=O)NC1CCCCC1)S(=O)(=O)c1ccc(C)cc1. The van der Waals surface area contributed by atoms with Crippen molar-refractivity contribution in [3.05, 3.63) is 87.9 Å². The Kier molecular flexibility index (Phi) is 11.0. The first-order valence-corrected chi connectivity index (χ1v) is 16.5. The van der Waals surface area contributed by atoms with Gasteiger partial charge in [0.1, 0.15) is 18.3 Å². The Morgan fingerprint density at radius 2 is 1.65 bits per heavy atom. The van der Waals surface area contributed by atoms with E-state index in [2.05, 4.69) is 5.32 Å². The molecule has 1 N–H and O–H groups in total. The molecule has 0 radical (unpaired) electrons. The first-order chi connectivity index (χ1) is 20.5. The minimum Gasteiger partial charge on any atom is -0.495 e. The molecule has 43 heavy (non-hydrogen) atoms. The maximum absolute atomic E-state index is 14.2. The van der Waals surface area contributed by atoms with Crippen LogP contribution in [0.1, 0.15) is 50.2 Å². The van der Waals surface area contributed by atoms with Crippen LogP contribution in [0.2, 0.25) is 10.0 Å². The van der Waals surface area contributed by atoms with Gasteiger partial charge >= 0.3 is 0 Å². The molecule has 2 amide bonds. The summed E-state index contributed by atoms with van der Waals surface area (Å²) in [5.41, 5.74) is 1.74. The summed E-state index contributed by atoms with van der Waals surface area (Å²) >= 11 is 12.4. The van der Waals surface area contributed by atoms with Gasteiger partial charge in [-0.2, -0.15) is 0 Å². The van der Waals surface area contributed by atoms with E-state index in [4.69, 9.17) is 27.9 Å². The summed E-state index contributed by atoms with van der Waals surface area (Å²) in [6, 6.07) is 17.1. The fourth-order valence-corrected chi connectivity index (χ4v) is 6.92. The number of para-hydroxylation sites is 2. The Hall–Kier alpha value is -3.27. The third kappa shape index (κ3) is 8.02. The Morgan fingerprint density at radius 1 is 0.977 bits per heavy atom. The first-order valence-electron chi connectivity index (χ1n) is 14.3. The molecule has 8 nitrogen and oxygen atoms in total. The van der Waals surface area contributed by atoms with Crippen molar-refractivity contribution in [1.29, 1.82) is 0 Å².